The van der Waals surface area contributed by atoms with Crippen LogP contribution < -0.4 is 10.1 Å². The van der Waals surface area contributed by atoms with E-state index in [4.69, 9.17) is 4.74 Å². The highest BCUT2D eigenvalue weighted by Gasteiger charge is 2.38. The minimum atomic E-state index is -0.677. The van der Waals surface area contributed by atoms with E-state index < -0.39 is 6.04 Å². The highest BCUT2D eigenvalue weighted by molar-refractivity contribution is 6.02. The van der Waals surface area contributed by atoms with E-state index >= 15 is 0 Å². The zero-order chi connectivity index (χ0) is 19.4. The van der Waals surface area contributed by atoms with E-state index in [1.54, 1.807) is 0 Å². The molecule has 0 saturated heterocycles. The number of aliphatic hydroxyl groups is 1. The van der Waals surface area contributed by atoms with Crippen LogP contribution in [0.2, 0.25) is 0 Å². The van der Waals surface area contributed by atoms with Crippen molar-refractivity contribution in [2.45, 2.75) is 44.7 Å². The third kappa shape index (κ3) is 3.83. The van der Waals surface area contributed by atoms with Crippen LogP contribution in [-0.2, 0) is 22.6 Å². The maximum atomic E-state index is 12.9. The lowest BCUT2D eigenvalue weighted by molar-refractivity contribution is -0.125. The van der Waals surface area contributed by atoms with E-state index in [2.05, 4.69) is 5.32 Å². The second kappa shape index (κ2) is 8.52. The summed E-state index contributed by atoms with van der Waals surface area (Å²) in [5, 5.41) is 11.8. The van der Waals surface area contributed by atoms with Crippen molar-refractivity contribution in [2.24, 2.45) is 5.92 Å². The average molecular weight is 374 g/mol. The highest BCUT2D eigenvalue weighted by Crippen LogP contribution is 2.38. The third-order valence-corrected chi connectivity index (χ3v) is 5.46. The van der Waals surface area contributed by atoms with Crippen LogP contribution >= 0.6 is 0 Å². The molecule has 0 spiro atoms. The van der Waals surface area contributed by atoms with Gasteiger partial charge in [-0.15, -0.1) is 0 Å². The number of carbonyl (C=O) groups excluding carboxylic acids is 3. The van der Waals surface area contributed by atoms with E-state index in [9.17, 15) is 19.5 Å². The first-order chi connectivity index (χ1) is 13.1. The SMILES string of the molecule is CNC(=O)C(CCC=O)N1Cc2c(ccc3c2OCCC(CCO)C3)C1=O. The molecule has 7 heteroatoms. The molecule has 2 aliphatic rings. The van der Waals surface area contributed by atoms with Crippen molar-refractivity contribution in [2.75, 3.05) is 20.3 Å². The van der Waals surface area contributed by atoms with Gasteiger partial charge in [-0.25, -0.2) is 0 Å². The fourth-order valence-corrected chi connectivity index (χ4v) is 4.01. The summed E-state index contributed by atoms with van der Waals surface area (Å²) >= 11 is 0. The summed E-state index contributed by atoms with van der Waals surface area (Å²) in [7, 11) is 1.53. The van der Waals surface area contributed by atoms with Gasteiger partial charge < -0.3 is 24.9 Å². The van der Waals surface area contributed by atoms with Crippen molar-refractivity contribution in [3.05, 3.63) is 28.8 Å². The molecule has 0 saturated carbocycles. The number of hydrogen-bond acceptors (Lipinski definition) is 5. The Morgan fingerprint density at radius 3 is 3.00 bits per heavy atom. The molecule has 2 unspecified atom stereocenters. The van der Waals surface area contributed by atoms with Gasteiger partial charge in [0.1, 0.15) is 18.1 Å². The van der Waals surface area contributed by atoms with E-state index in [1.165, 1.54) is 11.9 Å². The topological polar surface area (TPSA) is 95.9 Å². The van der Waals surface area contributed by atoms with Gasteiger partial charge in [0.05, 0.1) is 13.2 Å². The zero-order valence-corrected chi connectivity index (χ0v) is 15.6. The van der Waals surface area contributed by atoms with Gasteiger partial charge in [0.25, 0.3) is 5.91 Å². The van der Waals surface area contributed by atoms with E-state index in [0.29, 0.717) is 31.1 Å². The number of ether oxygens (including phenoxy) is 1. The number of amides is 2. The normalized spacial score (nSPS) is 19.6. The Balaban J connectivity index is 1.89. The molecule has 2 N–H and O–H groups in total. The predicted octanol–water partition coefficient (Wildman–Crippen LogP) is 1.06. The average Bonchev–Trinajstić information content (AvgIpc) is 2.86. The van der Waals surface area contributed by atoms with Crippen molar-refractivity contribution in [1.82, 2.24) is 10.2 Å². The van der Waals surface area contributed by atoms with Gasteiger partial charge in [-0.3, -0.25) is 9.59 Å². The molecule has 2 atom stereocenters. The van der Waals surface area contributed by atoms with Gasteiger partial charge in [0.2, 0.25) is 5.91 Å². The van der Waals surface area contributed by atoms with Gasteiger partial charge in [-0.05, 0) is 43.2 Å². The van der Waals surface area contributed by atoms with Crippen LogP contribution in [0.1, 0.15) is 47.2 Å². The zero-order valence-electron chi connectivity index (χ0n) is 15.6. The molecule has 1 aromatic rings. The summed E-state index contributed by atoms with van der Waals surface area (Å²) in [5.74, 6) is 0.628. The second-order valence-corrected chi connectivity index (χ2v) is 7.11. The Kier molecular flexibility index (Phi) is 6.11. The number of aldehydes is 1. The minimum absolute atomic E-state index is 0.155. The van der Waals surface area contributed by atoms with Crippen LogP contribution in [0.15, 0.2) is 12.1 Å². The van der Waals surface area contributed by atoms with Gasteiger partial charge in [-0.1, -0.05) is 6.07 Å². The lowest BCUT2D eigenvalue weighted by Crippen LogP contribution is -2.46. The summed E-state index contributed by atoms with van der Waals surface area (Å²) in [4.78, 5) is 37.5. The molecular formula is C20H26N2O5. The fourth-order valence-electron chi connectivity index (χ4n) is 4.01. The molecule has 2 amide bonds. The number of aliphatic hydroxyl groups excluding tert-OH is 1. The molecule has 0 bridgehead atoms. The number of carbonyl (C=O) groups is 3. The molecule has 0 aliphatic carbocycles. The fraction of sp³-hybridized carbons (Fsp3) is 0.550. The lowest BCUT2D eigenvalue weighted by Gasteiger charge is -2.25. The molecule has 0 aromatic heterocycles. The summed E-state index contributed by atoms with van der Waals surface area (Å²) in [6.07, 6.45) is 3.68. The molecule has 0 fully saturated rings. The maximum absolute atomic E-state index is 12.9. The Hall–Kier alpha value is -2.41. The van der Waals surface area contributed by atoms with E-state index in [1.807, 2.05) is 12.1 Å². The Bertz CT molecular complexity index is 733. The maximum Gasteiger partial charge on any atom is 0.255 e. The van der Waals surface area contributed by atoms with Crippen LogP contribution in [0.3, 0.4) is 0 Å². The molecule has 146 valence electrons. The number of rotatable bonds is 7. The molecule has 27 heavy (non-hydrogen) atoms. The molecule has 0 radical (unpaired) electrons. The number of fused-ring (bicyclic) bond motifs is 3. The Morgan fingerprint density at radius 1 is 1.48 bits per heavy atom. The first kappa shape index (κ1) is 19.4. The lowest BCUT2D eigenvalue weighted by atomic mass is 9.92. The Labute approximate surface area is 158 Å². The Morgan fingerprint density at radius 2 is 2.30 bits per heavy atom. The summed E-state index contributed by atoms with van der Waals surface area (Å²) in [6.45, 7) is 1.01. The molecule has 1 aromatic carbocycles. The largest absolute Gasteiger partial charge is 0.493 e. The van der Waals surface area contributed by atoms with Crippen molar-refractivity contribution < 1.29 is 24.2 Å². The third-order valence-electron chi connectivity index (χ3n) is 5.46. The molecular weight excluding hydrogens is 348 g/mol. The number of nitrogens with zero attached hydrogens (tertiary/aromatic N) is 1. The summed E-state index contributed by atoms with van der Waals surface area (Å²) in [5.41, 5.74) is 2.43. The predicted molar refractivity (Wildman–Crippen MR) is 98.5 cm³/mol. The van der Waals surface area contributed by atoms with Crippen molar-refractivity contribution in [1.29, 1.82) is 0 Å². The van der Waals surface area contributed by atoms with E-state index in [-0.39, 0.29) is 24.8 Å². The quantitative estimate of drug-likeness (QED) is 0.696. The second-order valence-electron chi connectivity index (χ2n) is 7.11. The molecule has 3 rings (SSSR count). The van der Waals surface area contributed by atoms with Crippen LogP contribution in [0, 0.1) is 5.92 Å². The van der Waals surface area contributed by atoms with Crippen molar-refractivity contribution in [3.63, 3.8) is 0 Å². The minimum Gasteiger partial charge on any atom is -0.493 e. The molecule has 7 nitrogen and oxygen atoms in total. The van der Waals surface area contributed by atoms with Crippen LogP contribution in [0.5, 0.6) is 5.75 Å². The number of hydrogen-bond donors (Lipinski definition) is 2. The monoisotopic (exact) mass is 374 g/mol. The highest BCUT2D eigenvalue weighted by atomic mass is 16.5. The van der Waals surface area contributed by atoms with Crippen LogP contribution in [0.4, 0.5) is 0 Å². The van der Waals surface area contributed by atoms with Crippen molar-refractivity contribution in [3.8, 4) is 5.75 Å². The smallest absolute Gasteiger partial charge is 0.255 e. The standard InChI is InChI=1S/C20H26N2O5/c1-21-19(25)17(3-2-8-23)22-12-16-15(20(22)26)5-4-14-11-13(6-9-24)7-10-27-18(14)16/h4-5,8,13,17,24H,2-3,6-7,9-12H2,1H3,(H,21,25). The van der Waals surface area contributed by atoms with E-state index in [0.717, 1.165) is 42.4 Å². The first-order valence-electron chi connectivity index (χ1n) is 9.45. The number of benzene rings is 1. The van der Waals surface area contributed by atoms with Gasteiger partial charge in [0.15, 0.2) is 0 Å². The van der Waals surface area contributed by atoms with Crippen LogP contribution in [-0.4, -0.2) is 54.4 Å². The first-order valence-corrected chi connectivity index (χ1v) is 9.45. The van der Waals surface area contributed by atoms with Gasteiger partial charge >= 0.3 is 0 Å². The van der Waals surface area contributed by atoms with Gasteiger partial charge in [-0.2, -0.15) is 0 Å². The number of likely N-dealkylation sites (N-methyl/N-ethyl adjacent to an activating group) is 1. The van der Waals surface area contributed by atoms with Crippen molar-refractivity contribution >= 4 is 18.1 Å². The summed E-state index contributed by atoms with van der Waals surface area (Å²) in [6, 6.07) is 3.05. The number of nitrogens with one attached hydrogen (secondary N) is 1. The van der Waals surface area contributed by atoms with Gasteiger partial charge in [0, 0.05) is 31.2 Å². The molecule has 2 aliphatic heterocycles. The summed E-state index contributed by atoms with van der Waals surface area (Å²) < 4.78 is 6.00. The van der Waals surface area contributed by atoms with Crippen LogP contribution in [0.25, 0.3) is 0 Å². The molecule has 2 heterocycles.